The van der Waals surface area contributed by atoms with E-state index in [0.717, 1.165) is 25.9 Å². The fourth-order valence-corrected chi connectivity index (χ4v) is 4.26. The first-order valence-electron chi connectivity index (χ1n) is 8.91. The van der Waals surface area contributed by atoms with Gasteiger partial charge < -0.3 is 15.1 Å². The van der Waals surface area contributed by atoms with Crippen LogP contribution in [-0.2, 0) is 0 Å². The number of rotatable bonds is 6. The second kappa shape index (κ2) is 8.50. The van der Waals surface area contributed by atoms with E-state index < -0.39 is 0 Å². The van der Waals surface area contributed by atoms with Crippen molar-refractivity contribution in [3.63, 3.8) is 0 Å². The number of likely N-dealkylation sites (tertiary alicyclic amines) is 1. The highest BCUT2D eigenvalue weighted by Gasteiger charge is 2.27. The molecule has 1 aromatic carbocycles. The molecule has 0 spiro atoms. The molecule has 0 unspecified atom stereocenters. The molecule has 1 fully saturated rings. The molecule has 2 atom stereocenters. The summed E-state index contributed by atoms with van der Waals surface area (Å²) < 4.78 is 0. The molecule has 1 N–H and O–H groups in total. The number of hydrogen-bond acceptors (Lipinski definition) is 3. The minimum absolute atomic E-state index is 0.0706. The molecule has 25 heavy (non-hydrogen) atoms. The molecular formula is C20H27N3OS. The Hall–Kier alpha value is -1.85. The molecule has 5 heteroatoms. The molecule has 1 saturated heterocycles. The van der Waals surface area contributed by atoms with Crippen molar-refractivity contribution in [3.05, 3.63) is 58.3 Å². The Morgan fingerprint density at radius 2 is 2.12 bits per heavy atom. The maximum absolute atomic E-state index is 12.5. The normalized spacial score (nSPS) is 18.5. The van der Waals surface area contributed by atoms with Gasteiger partial charge in [0.25, 0.3) is 0 Å². The first-order chi connectivity index (χ1) is 12.1. The lowest BCUT2D eigenvalue weighted by Crippen LogP contribution is -2.39. The van der Waals surface area contributed by atoms with Gasteiger partial charge in [-0.25, -0.2) is 4.79 Å². The SMILES string of the molecule is CN(C)[C@@H](CCNC(=O)N1CC[C@@H](c2ccccc2)C1)c1ccsc1. The number of carbonyl (C=O) groups excluding carboxylic acids is 1. The van der Waals surface area contributed by atoms with Gasteiger partial charge in [0, 0.05) is 31.6 Å². The van der Waals surface area contributed by atoms with E-state index in [1.165, 1.54) is 11.1 Å². The molecule has 1 aliphatic rings. The zero-order valence-electron chi connectivity index (χ0n) is 15.0. The number of carbonyl (C=O) groups is 1. The molecule has 2 amide bonds. The molecule has 134 valence electrons. The molecule has 2 heterocycles. The number of benzene rings is 1. The van der Waals surface area contributed by atoms with Gasteiger partial charge in [0.2, 0.25) is 0 Å². The van der Waals surface area contributed by atoms with Gasteiger partial charge in [-0.05, 0) is 54.9 Å². The lowest BCUT2D eigenvalue weighted by Gasteiger charge is -2.24. The summed E-state index contributed by atoms with van der Waals surface area (Å²) in [5, 5.41) is 7.41. The zero-order valence-corrected chi connectivity index (χ0v) is 15.8. The summed E-state index contributed by atoms with van der Waals surface area (Å²) in [6.07, 6.45) is 1.97. The Kier molecular flexibility index (Phi) is 6.10. The van der Waals surface area contributed by atoms with Crippen molar-refractivity contribution in [3.8, 4) is 0 Å². The molecular weight excluding hydrogens is 330 g/mol. The molecule has 0 radical (unpaired) electrons. The number of urea groups is 1. The number of nitrogens with one attached hydrogen (secondary N) is 1. The Morgan fingerprint density at radius 3 is 2.80 bits per heavy atom. The maximum Gasteiger partial charge on any atom is 0.317 e. The standard InChI is InChI=1S/C20H27N3OS/c1-22(2)19(18-10-13-25-15-18)8-11-21-20(24)23-12-9-17(14-23)16-6-4-3-5-7-16/h3-7,10,13,15,17,19H,8-9,11-12,14H2,1-2H3,(H,21,24)/t17-,19+/m1/s1. The van der Waals surface area contributed by atoms with Gasteiger partial charge in [0.15, 0.2) is 0 Å². The average Bonchev–Trinajstić information content (AvgIpc) is 3.30. The first-order valence-corrected chi connectivity index (χ1v) is 9.85. The van der Waals surface area contributed by atoms with E-state index >= 15 is 0 Å². The smallest absolute Gasteiger partial charge is 0.317 e. The van der Waals surface area contributed by atoms with Gasteiger partial charge in [-0.1, -0.05) is 30.3 Å². The highest BCUT2D eigenvalue weighted by atomic mass is 32.1. The van der Waals surface area contributed by atoms with Crippen LogP contribution in [0.25, 0.3) is 0 Å². The van der Waals surface area contributed by atoms with E-state index in [1.54, 1.807) is 11.3 Å². The van der Waals surface area contributed by atoms with Crippen LogP contribution in [0.5, 0.6) is 0 Å². The van der Waals surface area contributed by atoms with Crippen molar-refractivity contribution in [2.75, 3.05) is 33.7 Å². The van der Waals surface area contributed by atoms with Gasteiger partial charge in [0.05, 0.1) is 0 Å². The van der Waals surface area contributed by atoms with E-state index in [1.807, 2.05) is 11.0 Å². The lowest BCUT2D eigenvalue weighted by atomic mass is 9.99. The van der Waals surface area contributed by atoms with Gasteiger partial charge in [0.1, 0.15) is 0 Å². The van der Waals surface area contributed by atoms with Crippen molar-refractivity contribution < 1.29 is 4.79 Å². The Bertz CT molecular complexity index is 657. The van der Waals surface area contributed by atoms with Crippen LogP contribution in [0.2, 0.25) is 0 Å². The topological polar surface area (TPSA) is 35.6 Å². The fraction of sp³-hybridized carbons (Fsp3) is 0.450. The third-order valence-corrected chi connectivity index (χ3v) is 5.69. The monoisotopic (exact) mass is 357 g/mol. The zero-order chi connectivity index (χ0) is 17.6. The van der Waals surface area contributed by atoms with Crippen LogP contribution in [0.15, 0.2) is 47.2 Å². The van der Waals surface area contributed by atoms with Crippen LogP contribution in [0.3, 0.4) is 0 Å². The molecule has 3 rings (SSSR count). The highest BCUT2D eigenvalue weighted by molar-refractivity contribution is 7.07. The summed E-state index contributed by atoms with van der Waals surface area (Å²) in [5.41, 5.74) is 2.66. The molecule has 0 saturated carbocycles. The van der Waals surface area contributed by atoms with Crippen molar-refractivity contribution in [2.45, 2.75) is 24.8 Å². The van der Waals surface area contributed by atoms with Gasteiger partial charge in [-0.15, -0.1) is 0 Å². The fourth-order valence-electron chi connectivity index (χ4n) is 3.56. The minimum Gasteiger partial charge on any atom is -0.338 e. The molecule has 1 aliphatic heterocycles. The van der Waals surface area contributed by atoms with Crippen molar-refractivity contribution in [2.24, 2.45) is 0 Å². The van der Waals surface area contributed by atoms with Crippen LogP contribution in [0.1, 0.15) is 35.9 Å². The van der Waals surface area contributed by atoms with Crippen molar-refractivity contribution in [1.29, 1.82) is 0 Å². The quantitative estimate of drug-likeness (QED) is 0.850. The minimum atomic E-state index is 0.0706. The van der Waals surface area contributed by atoms with E-state index in [4.69, 9.17) is 0 Å². The Balaban J connectivity index is 1.47. The van der Waals surface area contributed by atoms with E-state index in [0.29, 0.717) is 18.5 Å². The van der Waals surface area contributed by atoms with E-state index in [9.17, 15) is 4.79 Å². The summed E-state index contributed by atoms with van der Waals surface area (Å²) in [6.45, 7) is 2.36. The summed E-state index contributed by atoms with van der Waals surface area (Å²) in [5.74, 6) is 0.465. The molecule has 0 aliphatic carbocycles. The average molecular weight is 358 g/mol. The molecule has 1 aromatic heterocycles. The number of amides is 2. The largest absolute Gasteiger partial charge is 0.338 e. The van der Waals surface area contributed by atoms with Crippen LogP contribution in [-0.4, -0.2) is 49.6 Å². The molecule has 4 nitrogen and oxygen atoms in total. The maximum atomic E-state index is 12.5. The second-order valence-electron chi connectivity index (χ2n) is 6.90. The van der Waals surface area contributed by atoms with Crippen LogP contribution in [0.4, 0.5) is 4.79 Å². The summed E-state index contributed by atoms with van der Waals surface area (Å²) in [7, 11) is 4.18. The van der Waals surface area contributed by atoms with Gasteiger partial charge in [-0.2, -0.15) is 11.3 Å². The van der Waals surface area contributed by atoms with Crippen LogP contribution >= 0.6 is 11.3 Å². The second-order valence-corrected chi connectivity index (χ2v) is 7.68. The number of nitrogens with zero attached hydrogens (tertiary/aromatic N) is 2. The summed E-state index contributed by atoms with van der Waals surface area (Å²) in [6, 6.07) is 13.1. The van der Waals surface area contributed by atoms with Crippen molar-refractivity contribution >= 4 is 17.4 Å². The number of hydrogen-bond donors (Lipinski definition) is 1. The Morgan fingerprint density at radius 1 is 1.32 bits per heavy atom. The predicted octanol–water partition coefficient (Wildman–Crippen LogP) is 3.94. The van der Waals surface area contributed by atoms with Gasteiger partial charge >= 0.3 is 6.03 Å². The van der Waals surface area contributed by atoms with Crippen molar-refractivity contribution in [1.82, 2.24) is 15.1 Å². The first kappa shape index (κ1) is 18.0. The number of thiophene rings is 1. The third kappa shape index (κ3) is 4.61. The highest BCUT2D eigenvalue weighted by Crippen LogP contribution is 2.27. The summed E-state index contributed by atoms with van der Waals surface area (Å²) >= 11 is 1.72. The van der Waals surface area contributed by atoms with Crippen LogP contribution < -0.4 is 5.32 Å². The van der Waals surface area contributed by atoms with Gasteiger partial charge in [-0.3, -0.25) is 0 Å². The lowest BCUT2D eigenvalue weighted by molar-refractivity contribution is 0.205. The summed E-state index contributed by atoms with van der Waals surface area (Å²) in [4.78, 5) is 16.6. The molecule has 0 bridgehead atoms. The Labute approximate surface area is 154 Å². The third-order valence-electron chi connectivity index (χ3n) is 4.99. The van der Waals surface area contributed by atoms with E-state index in [-0.39, 0.29) is 6.03 Å². The molecule has 2 aromatic rings. The van der Waals surface area contributed by atoms with Crippen LogP contribution in [0, 0.1) is 0 Å². The predicted molar refractivity (Wildman–Crippen MR) is 104 cm³/mol. The van der Waals surface area contributed by atoms with E-state index in [2.05, 4.69) is 65.4 Å².